The van der Waals surface area contributed by atoms with Gasteiger partial charge in [-0.2, -0.15) is 0 Å². The van der Waals surface area contributed by atoms with Crippen LogP contribution >= 0.6 is 0 Å². The molecule has 3 aliphatic rings. The van der Waals surface area contributed by atoms with Crippen molar-refractivity contribution in [3.63, 3.8) is 0 Å². The van der Waals surface area contributed by atoms with Gasteiger partial charge in [0, 0.05) is 65.4 Å². The Morgan fingerprint density at radius 1 is 0.658 bits per heavy atom. The third kappa shape index (κ3) is 11.6. The number of benzene rings is 7. The highest BCUT2D eigenvalue weighted by atomic mass is 16.3. The average Bonchev–Trinajstić information content (AvgIpc) is 3.93. The molecule has 8 aromatic rings. The smallest absolute Gasteiger partial charge is 0.135 e. The molecule has 0 unspecified atom stereocenters. The first kappa shape index (κ1) is 52.9. The standard InChI is InChI=1S/C43H36N2O.C15H14.C6H10.C4H8.C2H6/c1-4-10-33-28-44(2)41-14-9-8-13-37(41)31-17-22-36(40(33)25-31)32-18-23-38-39-24-21-35(27-43(39)46-42(38)26-32)45(3)34-19-15-30(16-20-34)29-11-6-5-7-12-29;1-15(2)13-9-5-3-7-11(13)12-8-4-6-10-14(12)15;1-4-6(3)5-2;1-3-4-2;1-2/h4-20,22-23,25-28H,21,24H2,1-3H3;3-10H,1-2H3;4H,1,3,5H2,2H3;3H,1,4H2,2H3;1-2H3/b10-4-,33-28-;;;;. The van der Waals surface area contributed by atoms with Crippen molar-refractivity contribution in [3.8, 4) is 44.5 Å². The lowest BCUT2D eigenvalue weighted by molar-refractivity contribution is 0.592. The normalized spacial score (nSPS) is 13.8. The lowest BCUT2D eigenvalue weighted by Gasteiger charge is -2.25. The van der Waals surface area contributed by atoms with Crippen LogP contribution in [0.2, 0.25) is 0 Å². The van der Waals surface area contributed by atoms with Crippen molar-refractivity contribution in [3.05, 3.63) is 253 Å². The Hall–Kier alpha value is -7.88. The first-order valence-electron chi connectivity index (χ1n) is 26.1. The Morgan fingerprint density at radius 2 is 1.22 bits per heavy atom. The number of aryl methyl sites for hydroxylation is 1. The summed E-state index contributed by atoms with van der Waals surface area (Å²) in [6.45, 7) is 25.5. The van der Waals surface area contributed by atoms with Crippen molar-refractivity contribution in [1.82, 2.24) is 0 Å². The second kappa shape index (κ2) is 24.5. The fourth-order valence-corrected chi connectivity index (χ4v) is 9.83. The Bertz CT molecular complexity index is 3230. The highest BCUT2D eigenvalue weighted by Crippen LogP contribution is 2.48. The summed E-state index contributed by atoms with van der Waals surface area (Å²) >= 11 is 0. The predicted molar refractivity (Wildman–Crippen MR) is 320 cm³/mol. The maximum absolute atomic E-state index is 6.60. The molecule has 0 radical (unpaired) electrons. The van der Waals surface area contributed by atoms with Crippen molar-refractivity contribution in [2.24, 2.45) is 0 Å². The van der Waals surface area contributed by atoms with Gasteiger partial charge in [0.05, 0.1) is 0 Å². The fourth-order valence-electron chi connectivity index (χ4n) is 9.83. The van der Waals surface area contributed by atoms with E-state index in [1.807, 2.05) is 19.9 Å². The lowest BCUT2D eigenvalue weighted by Crippen LogP contribution is -2.18. The monoisotopic (exact) mass is 959 g/mol. The first-order chi connectivity index (χ1) is 35.5. The van der Waals surface area contributed by atoms with Crippen LogP contribution in [0.3, 0.4) is 0 Å². The molecule has 0 saturated heterocycles. The van der Waals surface area contributed by atoms with E-state index in [1.54, 1.807) is 6.08 Å². The number of nitrogens with zero attached hydrogens (tertiary/aromatic N) is 2. The average molecular weight is 959 g/mol. The van der Waals surface area contributed by atoms with E-state index in [0.717, 1.165) is 48.2 Å². The van der Waals surface area contributed by atoms with Gasteiger partial charge in [0.1, 0.15) is 11.3 Å². The zero-order chi connectivity index (χ0) is 52.1. The topological polar surface area (TPSA) is 19.6 Å². The summed E-state index contributed by atoms with van der Waals surface area (Å²) in [7, 11) is 4.28. The van der Waals surface area contributed by atoms with E-state index in [4.69, 9.17) is 4.42 Å². The number of allylic oxidation sites excluding steroid dienone is 7. The van der Waals surface area contributed by atoms with Crippen LogP contribution in [-0.4, -0.2) is 14.1 Å². The Morgan fingerprint density at radius 3 is 1.82 bits per heavy atom. The van der Waals surface area contributed by atoms with Crippen LogP contribution in [0.5, 0.6) is 0 Å². The number of para-hydroxylation sites is 1. The minimum absolute atomic E-state index is 0.160. The quantitative estimate of drug-likeness (QED) is 0.112. The molecule has 3 nitrogen and oxygen atoms in total. The van der Waals surface area contributed by atoms with Gasteiger partial charge in [0.15, 0.2) is 0 Å². The molecule has 3 heteroatoms. The molecule has 0 N–H and O–H groups in total. The summed E-state index contributed by atoms with van der Waals surface area (Å²) in [5, 5.41) is 1.21. The summed E-state index contributed by atoms with van der Waals surface area (Å²) in [6, 6.07) is 59.0. The Balaban J connectivity index is 0.000000236. The van der Waals surface area contributed by atoms with Gasteiger partial charge in [-0.05, 0) is 124 Å². The van der Waals surface area contributed by atoms with Crippen LogP contribution in [0.25, 0.3) is 67.1 Å². The van der Waals surface area contributed by atoms with Gasteiger partial charge in [0.2, 0.25) is 0 Å². The van der Waals surface area contributed by atoms with E-state index < -0.39 is 0 Å². The maximum Gasteiger partial charge on any atom is 0.135 e. The van der Waals surface area contributed by atoms with Crippen LogP contribution in [0, 0.1) is 0 Å². The molecule has 0 atom stereocenters. The molecule has 370 valence electrons. The molecule has 1 aromatic heterocycles. The second-order valence-corrected chi connectivity index (χ2v) is 18.9. The van der Waals surface area contributed by atoms with Gasteiger partial charge < -0.3 is 14.2 Å². The molecule has 2 heterocycles. The molecular formula is C70H74N2O. The van der Waals surface area contributed by atoms with Crippen LogP contribution < -0.4 is 9.80 Å². The zero-order valence-electron chi connectivity index (χ0n) is 44.8. The molecule has 11 rings (SSSR count). The summed E-state index contributed by atoms with van der Waals surface area (Å²) in [5.74, 6) is 0.971. The number of hydrogen-bond acceptors (Lipinski definition) is 3. The molecule has 2 aliphatic carbocycles. The minimum atomic E-state index is 0.160. The number of anilines is 2. The number of hydrogen-bond donors (Lipinski definition) is 0. The molecule has 0 saturated carbocycles. The highest BCUT2D eigenvalue weighted by Gasteiger charge is 2.34. The fraction of sp³-hybridized carbons (Fsp3) is 0.200. The van der Waals surface area contributed by atoms with Crippen LogP contribution in [-0.2, 0) is 11.8 Å². The van der Waals surface area contributed by atoms with Gasteiger partial charge >= 0.3 is 0 Å². The Kier molecular flexibility index (Phi) is 17.8. The predicted octanol–water partition coefficient (Wildman–Crippen LogP) is 20.0. The van der Waals surface area contributed by atoms with E-state index in [9.17, 15) is 0 Å². The molecule has 73 heavy (non-hydrogen) atoms. The maximum atomic E-state index is 6.60. The van der Waals surface area contributed by atoms with Gasteiger partial charge in [0.25, 0.3) is 0 Å². The van der Waals surface area contributed by atoms with Gasteiger partial charge in [-0.25, -0.2) is 0 Å². The highest BCUT2D eigenvalue weighted by molar-refractivity contribution is 5.96. The van der Waals surface area contributed by atoms with Crippen molar-refractivity contribution < 1.29 is 4.42 Å². The number of fused-ring (bicyclic) bond motifs is 10. The SMILES string of the molecule is C/C=C\C1=C\N(C)c2ccccc2-c2ccc(-c3ccc4c5c(oc4c3)C=C(N(C)c3ccc(-c4ccccc4)cc3)CC5)c1c2.C=CC(=C)CC.C=CCC.CC.CC1(C)c2ccccc2-c2ccccc21. The molecule has 0 fully saturated rings. The van der Waals surface area contributed by atoms with E-state index in [2.05, 4.69) is 266 Å². The van der Waals surface area contributed by atoms with Gasteiger partial charge in [-0.3, -0.25) is 0 Å². The molecule has 0 spiro atoms. The molecule has 0 amide bonds. The van der Waals surface area contributed by atoms with Gasteiger partial charge in [-0.1, -0.05) is 218 Å². The summed E-state index contributed by atoms with van der Waals surface area (Å²) in [6.07, 6.45) is 16.5. The third-order valence-electron chi connectivity index (χ3n) is 14.0. The van der Waals surface area contributed by atoms with Crippen molar-refractivity contribution >= 4 is 34.0 Å². The summed E-state index contributed by atoms with van der Waals surface area (Å²) in [4.78, 5) is 4.52. The Labute approximate surface area is 437 Å². The minimum Gasteiger partial charge on any atom is -0.456 e. The molecule has 1 aliphatic heterocycles. The molecular weight excluding hydrogens is 885 g/mol. The van der Waals surface area contributed by atoms with Crippen LogP contribution in [0.1, 0.15) is 95.7 Å². The van der Waals surface area contributed by atoms with Crippen molar-refractivity contribution in [2.75, 3.05) is 23.9 Å². The van der Waals surface area contributed by atoms with Crippen LogP contribution in [0.15, 0.2) is 230 Å². The largest absolute Gasteiger partial charge is 0.456 e. The first-order valence-corrected chi connectivity index (χ1v) is 26.1. The van der Waals surface area contributed by atoms with E-state index in [1.165, 1.54) is 89.2 Å². The molecule has 7 aromatic carbocycles. The van der Waals surface area contributed by atoms with E-state index in [-0.39, 0.29) is 5.41 Å². The number of rotatable bonds is 8. The summed E-state index contributed by atoms with van der Waals surface area (Å²) < 4.78 is 6.60. The van der Waals surface area contributed by atoms with E-state index >= 15 is 0 Å². The van der Waals surface area contributed by atoms with E-state index in [0.29, 0.717) is 0 Å². The van der Waals surface area contributed by atoms with Gasteiger partial charge in [-0.15, -0.1) is 6.58 Å². The molecule has 2 bridgehead atoms. The second-order valence-electron chi connectivity index (χ2n) is 18.9. The lowest BCUT2D eigenvalue weighted by atomic mass is 9.82. The third-order valence-corrected chi connectivity index (χ3v) is 14.0. The van der Waals surface area contributed by atoms with Crippen molar-refractivity contribution in [2.45, 2.75) is 79.6 Å². The summed E-state index contributed by atoms with van der Waals surface area (Å²) in [5.41, 5.74) is 22.5. The number of furan rings is 1. The van der Waals surface area contributed by atoms with Crippen molar-refractivity contribution in [1.29, 1.82) is 0 Å². The zero-order valence-corrected chi connectivity index (χ0v) is 44.8. The van der Waals surface area contributed by atoms with Crippen LogP contribution in [0.4, 0.5) is 11.4 Å².